The van der Waals surface area contributed by atoms with Crippen molar-refractivity contribution in [2.45, 2.75) is 44.0 Å². The van der Waals surface area contributed by atoms with E-state index in [-0.39, 0.29) is 0 Å². The topological polar surface area (TPSA) is 63.4 Å². The SMILES string of the molecule is Cc1ccc(CN)cc1S(=O)(=O)N(C)CC1CCCC1. The summed E-state index contributed by atoms with van der Waals surface area (Å²) in [5.41, 5.74) is 7.24. The maximum Gasteiger partial charge on any atom is 0.243 e. The Bertz CT molecular complexity index is 563. The van der Waals surface area contributed by atoms with Crippen molar-refractivity contribution in [2.75, 3.05) is 13.6 Å². The first-order chi connectivity index (χ1) is 9.45. The molecule has 0 saturated heterocycles. The highest BCUT2D eigenvalue weighted by Gasteiger charge is 2.26. The lowest BCUT2D eigenvalue weighted by atomic mass is 10.1. The highest BCUT2D eigenvalue weighted by molar-refractivity contribution is 7.89. The molecule has 1 saturated carbocycles. The van der Waals surface area contributed by atoms with Gasteiger partial charge in [0.05, 0.1) is 4.90 Å². The van der Waals surface area contributed by atoms with Crippen molar-refractivity contribution in [1.29, 1.82) is 0 Å². The Balaban J connectivity index is 2.24. The molecule has 0 bridgehead atoms. The van der Waals surface area contributed by atoms with E-state index in [1.165, 1.54) is 17.1 Å². The van der Waals surface area contributed by atoms with E-state index >= 15 is 0 Å². The molecule has 4 nitrogen and oxygen atoms in total. The number of benzene rings is 1. The van der Waals surface area contributed by atoms with Gasteiger partial charge in [0.1, 0.15) is 0 Å². The molecule has 0 radical (unpaired) electrons. The van der Waals surface area contributed by atoms with Crippen LogP contribution in [-0.4, -0.2) is 26.3 Å². The zero-order valence-electron chi connectivity index (χ0n) is 12.3. The van der Waals surface area contributed by atoms with Crippen molar-refractivity contribution in [3.05, 3.63) is 29.3 Å². The minimum Gasteiger partial charge on any atom is -0.326 e. The Kier molecular flexibility index (Phi) is 4.83. The fourth-order valence-electron chi connectivity index (χ4n) is 2.87. The van der Waals surface area contributed by atoms with Crippen LogP contribution in [0.15, 0.2) is 23.1 Å². The molecule has 20 heavy (non-hydrogen) atoms. The number of hydrogen-bond acceptors (Lipinski definition) is 3. The zero-order valence-corrected chi connectivity index (χ0v) is 13.1. The summed E-state index contributed by atoms with van der Waals surface area (Å²) >= 11 is 0. The molecule has 0 aromatic heterocycles. The summed E-state index contributed by atoms with van der Waals surface area (Å²) in [6, 6.07) is 5.42. The molecule has 0 aliphatic heterocycles. The second-order valence-corrected chi connectivity index (χ2v) is 7.75. The third kappa shape index (κ3) is 3.22. The van der Waals surface area contributed by atoms with Gasteiger partial charge in [-0.05, 0) is 42.9 Å². The molecule has 112 valence electrons. The standard InChI is InChI=1S/C15H24N2O2S/c1-12-7-8-14(10-16)9-15(12)20(18,19)17(2)11-13-5-3-4-6-13/h7-9,13H,3-6,10-11,16H2,1-2H3. The molecule has 2 N–H and O–H groups in total. The van der Waals surface area contributed by atoms with Gasteiger partial charge in [-0.1, -0.05) is 25.0 Å². The molecule has 1 aliphatic carbocycles. The molecule has 1 fully saturated rings. The highest BCUT2D eigenvalue weighted by atomic mass is 32.2. The molecular weight excluding hydrogens is 272 g/mol. The predicted molar refractivity (Wildman–Crippen MR) is 80.8 cm³/mol. The van der Waals surface area contributed by atoms with Crippen LogP contribution >= 0.6 is 0 Å². The Morgan fingerprint density at radius 2 is 1.95 bits per heavy atom. The number of hydrogen-bond donors (Lipinski definition) is 1. The van der Waals surface area contributed by atoms with Gasteiger partial charge in [-0.25, -0.2) is 12.7 Å². The number of rotatable bonds is 5. The monoisotopic (exact) mass is 296 g/mol. The van der Waals surface area contributed by atoms with E-state index in [1.807, 2.05) is 19.1 Å². The fraction of sp³-hybridized carbons (Fsp3) is 0.600. The summed E-state index contributed by atoms with van der Waals surface area (Å²) in [6.45, 7) is 2.81. The zero-order chi connectivity index (χ0) is 14.8. The molecule has 1 aromatic carbocycles. The summed E-state index contributed by atoms with van der Waals surface area (Å²) in [6.07, 6.45) is 4.73. The highest BCUT2D eigenvalue weighted by Crippen LogP contribution is 2.28. The van der Waals surface area contributed by atoms with E-state index in [4.69, 9.17) is 5.73 Å². The fourth-order valence-corrected chi connectivity index (χ4v) is 4.39. The van der Waals surface area contributed by atoms with E-state index < -0.39 is 10.0 Å². The lowest BCUT2D eigenvalue weighted by molar-refractivity contribution is 0.387. The molecule has 0 amide bonds. The normalized spacial score (nSPS) is 17.0. The van der Waals surface area contributed by atoms with Crippen LogP contribution in [0.2, 0.25) is 0 Å². The van der Waals surface area contributed by atoms with Gasteiger partial charge in [0.25, 0.3) is 0 Å². The number of nitrogens with zero attached hydrogens (tertiary/aromatic N) is 1. The molecule has 5 heteroatoms. The van der Waals surface area contributed by atoms with Crippen molar-refractivity contribution in [2.24, 2.45) is 11.7 Å². The van der Waals surface area contributed by atoms with Crippen LogP contribution in [0.5, 0.6) is 0 Å². The van der Waals surface area contributed by atoms with Gasteiger partial charge < -0.3 is 5.73 Å². The van der Waals surface area contributed by atoms with Crippen molar-refractivity contribution in [3.8, 4) is 0 Å². The largest absolute Gasteiger partial charge is 0.326 e. The van der Waals surface area contributed by atoms with Gasteiger partial charge in [0, 0.05) is 20.1 Å². The minimum absolute atomic E-state index is 0.356. The van der Waals surface area contributed by atoms with Gasteiger partial charge in [-0.3, -0.25) is 0 Å². The predicted octanol–water partition coefficient (Wildman–Crippen LogP) is 2.26. The second kappa shape index (κ2) is 6.24. The van der Waals surface area contributed by atoms with Crippen molar-refractivity contribution in [3.63, 3.8) is 0 Å². The van der Waals surface area contributed by atoms with Gasteiger partial charge >= 0.3 is 0 Å². The van der Waals surface area contributed by atoms with Crippen LogP contribution < -0.4 is 5.73 Å². The van der Waals surface area contributed by atoms with Crippen molar-refractivity contribution >= 4 is 10.0 Å². The van der Waals surface area contributed by atoms with E-state index in [2.05, 4.69) is 0 Å². The Morgan fingerprint density at radius 3 is 2.55 bits per heavy atom. The molecule has 0 spiro atoms. The summed E-state index contributed by atoms with van der Waals surface area (Å²) in [4.78, 5) is 0.390. The molecule has 1 aromatic rings. The van der Waals surface area contributed by atoms with E-state index in [0.717, 1.165) is 24.0 Å². The lowest BCUT2D eigenvalue weighted by Crippen LogP contribution is -2.31. The number of nitrogens with two attached hydrogens (primary N) is 1. The Hall–Kier alpha value is -0.910. The number of sulfonamides is 1. The first-order valence-corrected chi connectivity index (χ1v) is 8.65. The van der Waals surface area contributed by atoms with Crippen molar-refractivity contribution in [1.82, 2.24) is 4.31 Å². The smallest absolute Gasteiger partial charge is 0.243 e. The van der Waals surface area contributed by atoms with Crippen LogP contribution in [0.25, 0.3) is 0 Å². The summed E-state index contributed by atoms with van der Waals surface area (Å²) < 4.78 is 26.9. The minimum atomic E-state index is -3.41. The van der Waals surface area contributed by atoms with Crippen LogP contribution in [0, 0.1) is 12.8 Å². The average Bonchev–Trinajstić information content (AvgIpc) is 2.92. The first-order valence-electron chi connectivity index (χ1n) is 7.21. The Morgan fingerprint density at radius 1 is 1.30 bits per heavy atom. The third-order valence-electron chi connectivity index (χ3n) is 4.17. The molecule has 1 aliphatic rings. The lowest BCUT2D eigenvalue weighted by Gasteiger charge is -2.22. The van der Waals surface area contributed by atoms with Gasteiger partial charge in [-0.2, -0.15) is 0 Å². The molecule has 0 atom stereocenters. The van der Waals surface area contributed by atoms with Gasteiger partial charge in [0.2, 0.25) is 10.0 Å². The quantitative estimate of drug-likeness (QED) is 0.906. The molecule has 0 unspecified atom stereocenters. The third-order valence-corrected chi connectivity index (χ3v) is 6.13. The molecule has 0 heterocycles. The van der Waals surface area contributed by atoms with E-state index in [9.17, 15) is 8.42 Å². The van der Waals surface area contributed by atoms with Gasteiger partial charge in [0.15, 0.2) is 0 Å². The Labute approximate surface area is 122 Å². The van der Waals surface area contributed by atoms with Crippen LogP contribution in [-0.2, 0) is 16.6 Å². The summed E-state index contributed by atoms with van der Waals surface area (Å²) in [5, 5.41) is 0. The van der Waals surface area contributed by atoms with E-state index in [1.54, 1.807) is 13.1 Å². The maximum absolute atomic E-state index is 12.7. The van der Waals surface area contributed by atoms with Crippen LogP contribution in [0.3, 0.4) is 0 Å². The van der Waals surface area contributed by atoms with Gasteiger partial charge in [-0.15, -0.1) is 0 Å². The summed E-state index contributed by atoms with van der Waals surface area (Å²) in [7, 11) is -1.73. The average molecular weight is 296 g/mol. The van der Waals surface area contributed by atoms with Crippen LogP contribution in [0.4, 0.5) is 0 Å². The maximum atomic E-state index is 12.7. The van der Waals surface area contributed by atoms with E-state index in [0.29, 0.717) is 23.9 Å². The summed E-state index contributed by atoms with van der Waals surface area (Å²) in [5.74, 6) is 0.507. The molecular formula is C15H24N2O2S. The van der Waals surface area contributed by atoms with Crippen LogP contribution in [0.1, 0.15) is 36.8 Å². The molecule has 2 rings (SSSR count). The van der Waals surface area contributed by atoms with Crippen molar-refractivity contribution < 1.29 is 8.42 Å². The first kappa shape index (κ1) is 15.5. The number of aryl methyl sites for hydroxylation is 1. The second-order valence-electron chi connectivity index (χ2n) is 5.74.